The second kappa shape index (κ2) is 7.32. The third-order valence-corrected chi connectivity index (χ3v) is 4.62. The number of hydrogen-bond acceptors (Lipinski definition) is 5. The maximum absolute atomic E-state index is 13.2. The molecule has 0 amide bonds. The van der Waals surface area contributed by atoms with Crippen LogP contribution < -0.4 is 13.6 Å². The van der Waals surface area contributed by atoms with Crippen molar-refractivity contribution in [3.63, 3.8) is 0 Å². The molecule has 0 aliphatic carbocycles. The zero-order chi connectivity index (χ0) is 17.7. The molecule has 0 fully saturated rings. The first-order valence-electron chi connectivity index (χ1n) is 7.63. The average Bonchev–Trinajstić information content (AvgIpc) is 2.60. The minimum absolute atomic E-state index is 0.0310. The van der Waals surface area contributed by atoms with E-state index in [-0.39, 0.29) is 11.5 Å². The quantitative estimate of drug-likeness (QED) is 0.604. The first-order chi connectivity index (χ1) is 12.0. The van der Waals surface area contributed by atoms with Gasteiger partial charge in [0.15, 0.2) is 0 Å². The minimum atomic E-state index is -4.03. The number of hydrogen-bond donors (Lipinski definition) is 1. The van der Waals surface area contributed by atoms with E-state index in [1.54, 1.807) is 67.6 Å². The van der Waals surface area contributed by atoms with Crippen molar-refractivity contribution in [3.8, 4) is 23.0 Å². The third-order valence-electron chi connectivity index (χ3n) is 3.32. The first kappa shape index (κ1) is 16.9. The van der Waals surface area contributed by atoms with Gasteiger partial charge in [0.25, 0.3) is 0 Å². The normalized spacial score (nSPS) is 10.9. The molecule has 0 saturated carbocycles. The number of para-hydroxylation sites is 2. The van der Waals surface area contributed by atoms with Gasteiger partial charge in [-0.05, 0) is 42.8 Å². The van der Waals surface area contributed by atoms with Crippen molar-refractivity contribution in [3.05, 3.63) is 84.4 Å². The summed E-state index contributed by atoms with van der Waals surface area (Å²) in [4.78, 5) is 0. The summed E-state index contributed by atoms with van der Waals surface area (Å²) in [7, 11) is -4.03. The Hall–Kier alpha value is -2.91. The van der Waals surface area contributed by atoms with Crippen molar-refractivity contribution in [2.24, 2.45) is 0 Å². The van der Waals surface area contributed by atoms with Crippen molar-refractivity contribution in [2.45, 2.75) is 6.92 Å². The molecule has 3 rings (SSSR count). The molecule has 0 spiro atoms. The maximum atomic E-state index is 13.2. The van der Waals surface area contributed by atoms with Gasteiger partial charge in [0.05, 0.1) is 0 Å². The van der Waals surface area contributed by atoms with E-state index in [0.29, 0.717) is 17.1 Å². The lowest BCUT2D eigenvalue weighted by molar-refractivity contribution is 0.298. The molecule has 0 saturated heterocycles. The zero-order valence-electron chi connectivity index (χ0n) is 13.5. The highest BCUT2D eigenvalue weighted by atomic mass is 31.2. The molecule has 0 aromatic heterocycles. The molecule has 0 aliphatic heterocycles. The molecular formula is C19H17O5P. The van der Waals surface area contributed by atoms with Gasteiger partial charge in [-0.3, -0.25) is 0 Å². The predicted octanol–water partition coefficient (Wildman–Crippen LogP) is 5.35. The molecule has 0 radical (unpaired) electrons. The van der Waals surface area contributed by atoms with Crippen LogP contribution in [0, 0.1) is 6.92 Å². The molecular weight excluding hydrogens is 339 g/mol. The molecule has 1 N–H and O–H groups in total. The van der Waals surface area contributed by atoms with Crippen LogP contribution in [0.3, 0.4) is 0 Å². The van der Waals surface area contributed by atoms with E-state index in [9.17, 15) is 9.67 Å². The minimum Gasteiger partial charge on any atom is -0.508 e. The Bertz CT molecular complexity index is 835. The zero-order valence-corrected chi connectivity index (χ0v) is 14.4. The third kappa shape index (κ3) is 4.55. The fourth-order valence-corrected chi connectivity index (χ4v) is 3.30. The van der Waals surface area contributed by atoms with Gasteiger partial charge >= 0.3 is 7.82 Å². The molecule has 0 aliphatic rings. The number of phenols is 1. The number of aromatic hydroxyl groups is 1. The maximum Gasteiger partial charge on any atom is 0.647 e. The van der Waals surface area contributed by atoms with Gasteiger partial charge < -0.3 is 18.7 Å². The monoisotopic (exact) mass is 356 g/mol. The molecule has 3 aromatic rings. The highest BCUT2D eigenvalue weighted by Crippen LogP contribution is 2.50. The van der Waals surface area contributed by atoms with Crippen LogP contribution in [0.4, 0.5) is 0 Å². The summed E-state index contributed by atoms with van der Waals surface area (Å²) in [6.07, 6.45) is 0. The molecule has 128 valence electrons. The topological polar surface area (TPSA) is 65.0 Å². The van der Waals surface area contributed by atoms with Crippen LogP contribution in [0.5, 0.6) is 23.0 Å². The standard InChI is InChI=1S/C19H17O5P/c1-15-12-13-18(14-19(15)20)24-25(21,22-16-8-4-2-5-9-16)23-17-10-6-3-7-11-17/h2-14,20H,1H3. The van der Waals surface area contributed by atoms with E-state index in [1.807, 2.05) is 12.1 Å². The van der Waals surface area contributed by atoms with E-state index in [4.69, 9.17) is 13.6 Å². The molecule has 3 aromatic carbocycles. The van der Waals surface area contributed by atoms with E-state index < -0.39 is 7.82 Å². The molecule has 6 heteroatoms. The van der Waals surface area contributed by atoms with Crippen LogP contribution in [0.1, 0.15) is 5.56 Å². The van der Waals surface area contributed by atoms with Crippen molar-refractivity contribution in [2.75, 3.05) is 0 Å². The number of phenolic OH excluding ortho intramolecular Hbond substituents is 1. The average molecular weight is 356 g/mol. The summed E-state index contributed by atoms with van der Waals surface area (Å²) >= 11 is 0. The van der Waals surface area contributed by atoms with Crippen molar-refractivity contribution in [1.29, 1.82) is 0 Å². The van der Waals surface area contributed by atoms with Gasteiger partial charge in [-0.25, -0.2) is 0 Å². The Balaban J connectivity index is 1.90. The number of aryl methyl sites for hydroxylation is 1. The highest BCUT2D eigenvalue weighted by molar-refractivity contribution is 7.49. The fourth-order valence-electron chi connectivity index (χ4n) is 2.05. The Kier molecular flexibility index (Phi) is 4.96. The summed E-state index contributed by atoms with van der Waals surface area (Å²) < 4.78 is 29.7. The molecule has 0 unspecified atom stereocenters. The van der Waals surface area contributed by atoms with Gasteiger partial charge in [-0.2, -0.15) is 4.57 Å². The van der Waals surface area contributed by atoms with E-state index >= 15 is 0 Å². The van der Waals surface area contributed by atoms with Gasteiger partial charge in [0.2, 0.25) is 0 Å². The summed E-state index contributed by atoms with van der Waals surface area (Å²) in [5.74, 6) is 0.901. The van der Waals surface area contributed by atoms with Crippen molar-refractivity contribution >= 4 is 7.82 Å². The molecule has 25 heavy (non-hydrogen) atoms. The largest absolute Gasteiger partial charge is 0.647 e. The second-order valence-electron chi connectivity index (χ2n) is 5.30. The Morgan fingerprint density at radius 2 is 1.20 bits per heavy atom. The summed E-state index contributed by atoms with van der Waals surface area (Å²) in [5.41, 5.74) is 0.676. The van der Waals surface area contributed by atoms with Crippen LogP contribution in [0.15, 0.2) is 78.9 Å². The van der Waals surface area contributed by atoms with E-state index in [2.05, 4.69) is 0 Å². The van der Waals surface area contributed by atoms with Crippen LogP contribution >= 0.6 is 7.82 Å². The van der Waals surface area contributed by atoms with E-state index in [0.717, 1.165) is 0 Å². The van der Waals surface area contributed by atoms with Crippen LogP contribution in [0.25, 0.3) is 0 Å². The smallest absolute Gasteiger partial charge is 0.508 e. The van der Waals surface area contributed by atoms with Crippen LogP contribution in [-0.4, -0.2) is 5.11 Å². The second-order valence-corrected chi connectivity index (χ2v) is 6.74. The molecule has 0 heterocycles. The van der Waals surface area contributed by atoms with E-state index in [1.165, 1.54) is 6.07 Å². The van der Waals surface area contributed by atoms with Gasteiger partial charge in [-0.15, -0.1) is 0 Å². The number of benzene rings is 3. The molecule has 0 bridgehead atoms. The molecule has 0 atom stereocenters. The fraction of sp³-hybridized carbons (Fsp3) is 0.0526. The lowest BCUT2D eigenvalue weighted by Crippen LogP contribution is -2.07. The summed E-state index contributed by atoms with van der Waals surface area (Å²) in [6.45, 7) is 1.75. The number of phosphoric acid groups is 1. The SMILES string of the molecule is Cc1ccc(OP(=O)(Oc2ccccc2)Oc2ccccc2)cc1O. The molecule has 5 nitrogen and oxygen atoms in total. The Labute approximate surface area is 146 Å². The van der Waals surface area contributed by atoms with Gasteiger partial charge in [0.1, 0.15) is 23.0 Å². The lowest BCUT2D eigenvalue weighted by atomic mass is 10.2. The number of rotatable bonds is 6. The Morgan fingerprint density at radius 1 is 0.720 bits per heavy atom. The van der Waals surface area contributed by atoms with Crippen LogP contribution in [0.2, 0.25) is 0 Å². The number of phosphoric ester groups is 1. The van der Waals surface area contributed by atoms with Crippen LogP contribution in [-0.2, 0) is 4.57 Å². The lowest BCUT2D eigenvalue weighted by Gasteiger charge is -2.19. The van der Waals surface area contributed by atoms with Gasteiger partial charge in [0, 0.05) is 6.07 Å². The summed E-state index contributed by atoms with van der Waals surface area (Å²) in [6, 6.07) is 21.8. The first-order valence-corrected chi connectivity index (χ1v) is 9.09. The summed E-state index contributed by atoms with van der Waals surface area (Å²) in [5, 5.41) is 9.83. The Morgan fingerprint density at radius 3 is 1.68 bits per heavy atom. The highest BCUT2D eigenvalue weighted by Gasteiger charge is 2.33. The van der Waals surface area contributed by atoms with Crippen molar-refractivity contribution < 1.29 is 23.2 Å². The predicted molar refractivity (Wildman–Crippen MR) is 95.2 cm³/mol. The van der Waals surface area contributed by atoms with Crippen molar-refractivity contribution in [1.82, 2.24) is 0 Å². The van der Waals surface area contributed by atoms with Gasteiger partial charge in [-0.1, -0.05) is 42.5 Å².